The number of hydrogen-bond donors (Lipinski definition) is 0. The summed E-state index contributed by atoms with van der Waals surface area (Å²) in [5, 5.41) is 0. The van der Waals surface area contributed by atoms with Gasteiger partial charge in [-0.05, 0) is 39.5 Å². The lowest BCUT2D eigenvalue weighted by Crippen LogP contribution is -2.34. The highest BCUT2D eigenvalue weighted by Crippen LogP contribution is 2.54. The fourth-order valence-electron chi connectivity index (χ4n) is 1.32. The predicted molar refractivity (Wildman–Crippen MR) is 69.4 cm³/mol. The second-order valence-corrected chi connectivity index (χ2v) is 8.83. The minimum absolute atomic E-state index is 0.279. The van der Waals surface area contributed by atoms with Gasteiger partial charge in [-0.1, -0.05) is 0 Å². The molecule has 0 aromatic carbocycles. The maximum atomic E-state index is 11.7. The van der Waals surface area contributed by atoms with Crippen molar-refractivity contribution in [1.82, 2.24) is 4.08 Å². The fraction of sp³-hybridized carbons (Fsp3) is 1.00. The Morgan fingerprint density at radius 2 is 1.62 bits per heavy atom. The molecular weight excluding hydrogens is 269 g/mol. The highest BCUT2D eigenvalue weighted by molar-refractivity contribution is 8.13. The SMILES string of the molecule is CCOP(=S)(OCC)N(C(C)C)S(C)(=O)=O. The molecule has 0 aliphatic carbocycles. The number of hydrogen-bond acceptors (Lipinski definition) is 5. The third-order valence-corrected chi connectivity index (χ3v) is 7.83. The summed E-state index contributed by atoms with van der Waals surface area (Å²) in [6, 6.07) is -0.279. The van der Waals surface area contributed by atoms with Crippen molar-refractivity contribution in [3.05, 3.63) is 0 Å². The van der Waals surface area contributed by atoms with Crippen LogP contribution in [0.15, 0.2) is 0 Å². The van der Waals surface area contributed by atoms with E-state index >= 15 is 0 Å². The minimum atomic E-state index is -3.44. The molecule has 0 amide bonds. The van der Waals surface area contributed by atoms with Crippen molar-refractivity contribution in [2.45, 2.75) is 33.7 Å². The van der Waals surface area contributed by atoms with Crippen LogP contribution in [-0.2, 0) is 30.9 Å². The summed E-state index contributed by atoms with van der Waals surface area (Å²) in [7, 11) is -3.44. The van der Waals surface area contributed by atoms with Gasteiger partial charge < -0.3 is 9.05 Å². The molecule has 0 heterocycles. The van der Waals surface area contributed by atoms with Crippen LogP contribution in [0.5, 0.6) is 0 Å². The van der Waals surface area contributed by atoms with Crippen molar-refractivity contribution in [3.8, 4) is 0 Å². The van der Waals surface area contributed by atoms with E-state index in [9.17, 15) is 8.42 Å². The van der Waals surface area contributed by atoms with E-state index in [2.05, 4.69) is 0 Å². The van der Waals surface area contributed by atoms with Crippen molar-refractivity contribution in [2.75, 3.05) is 19.5 Å². The highest BCUT2D eigenvalue weighted by atomic mass is 32.5. The number of sulfonamides is 1. The molecule has 16 heavy (non-hydrogen) atoms. The molecule has 0 N–H and O–H groups in total. The number of nitrogens with zero attached hydrogens (tertiary/aromatic N) is 1. The smallest absolute Gasteiger partial charge is 0.277 e. The lowest BCUT2D eigenvalue weighted by Gasteiger charge is -2.33. The van der Waals surface area contributed by atoms with Crippen LogP contribution in [0.4, 0.5) is 0 Å². The van der Waals surface area contributed by atoms with Crippen LogP contribution >= 0.6 is 6.64 Å². The Balaban J connectivity index is 5.36. The molecule has 0 saturated carbocycles. The van der Waals surface area contributed by atoms with Gasteiger partial charge in [0, 0.05) is 6.04 Å². The zero-order chi connectivity index (χ0) is 13.0. The van der Waals surface area contributed by atoms with Gasteiger partial charge in [-0.25, -0.2) is 8.42 Å². The summed E-state index contributed by atoms with van der Waals surface area (Å²) in [6.07, 6.45) is 1.12. The molecule has 0 saturated heterocycles. The van der Waals surface area contributed by atoms with Gasteiger partial charge in [-0.15, -0.1) is 4.08 Å². The highest BCUT2D eigenvalue weighted by Gasteiger charge is 2.37. The van der Waals surface area contributed by atoms with Crippen LogP contribution in [0.25, 0.3) is 0 Å². The van der Waals surface area contributed by atoms with Gasteiger partial charge in [0.1, 0.15) is 0 Å². The van der Waals surface area contributed by atoms with Gasteiger partial charge in [-0.3, -0.25) is 0 Å². The summed E-state index contributed by atoms with van der Waals surface area (Å²) in [6.45, 7) is 4.76. The molecule has 0 aromatic heterocycles. The third kappa shape index (κ3) is 4.39. The Hall–Kier alpha value is 0.480. The first-order valence-corrected chi connectivity index (χ1v) is 9.52. The molecule has 0 unspecified atom stereocenters. The summed E-state index contributed by atoms with van der Waals surface area (Å²) < 4.78 is 35.3. The van der Waals surface area contributed by atoms with Crippen LogP contribution in [0, 0.1) is 0 Å². The zero-order valence-electron chi connectivity index (χ0n) is 10.3. The van der Waals surface area contributed by atoms with E-state index in [0.717, 1.165) is 6.26 Å². The zero-order valence-corrected chi connectivity index (χ0v) is 12.9. The Labute approximate surface area is 103 Å². The summed E-state index contributed by atoms with van der Waals surface area (Å²) in [5.74, 6) is 0. The third-order valence-electron chi connectivity index (χ3n) is 1.61. The molecule has 8 heteroatoms. The Morgan fingerprint density at radius 3 is 1.81 bits per heavy atom. The first kappa shape index (κ1) is 16.5. The van der Waals surface area contributed by atoms with E-state index in [1.165, 1.54) is 4.08 Å². The van der Waals surface area contributed by atoms with E-state index in [0.29, 0.717) is 13.2 Å². The van der Waals surface area contributed by atoms with Crippen LogP contribution in [0.2, 0.25) is 0 Å². The summed E-state index contributed by atoms with van der Waals surface area (Å²) >= 11 is 5.26. The standard InChI is InChI=1S/C8H20NO4PS2/c1-6-12-14(15,13-7-2)9(8(3)4)16(5,10)11/h8H,6-7H2,1-5H3. The summed E-state index contributed by atoms with van der Waals surface area (Å²) in [4.78, 5) is 0. The molecule has 0 radical (unpaired) electrons. The van der Waals surface area contributed by atoms with Crippen molar-refractivity contribution in [2.24, 2.45) is 0 Å². The Morgan fingerprint density at radius 1 is 1.25 bits per heavy atom. The molecule has 98 valence electrons. The van der Waals surface area contributed by atoms with E-state index in [1.54, 1.807) is 27.7 Å². The molecular formula is C8H20NO4PS2. The van der Waals surface area contributed by atoms with E-state index < -0.39 is 16.7 Å². The van der Waals surface area contributed by atoms with Gasteiger partial charge in [0.15, 0.2) is 0 Å². The molecule has 0 bridgehead atoms. The van der Waals surface area contributed by atoms with E-state index in [1.807, 2.05) is 0 Å². The second-order valence-electron chi connectivity index (χ2n) is 3.43. The van der Waals surface area contributed by atoms with Crippen molar-refractivity contribution >= 4 is 28.5 Å². The molecule has 0 rings (SSSR count). The van der Waals surface area contributed by atoms with Crippen molar-refractivity contribution in [1.29, 1.82) is 0 Å². The van der Waals surface area contributed by atoms with Crippen LogP contribution in [-0.4, -0.2) is 38.0 Å². The van der Waals surface area contributed by atoms with Gasteiger partial charge in [0.2, 0.25) is 10.0 Å². The summed E-state index contributed by atoms with van der Waals surface area (Å²) in [5.41, 5.74) is 0. The first-order chi connectivity index (χ1) is 7.19. The molecule has 0 spiro atoms. The predicted octanol–water partition coefficient (Wildman–Crippen LogP) is 1.95. The average Bonchev–Trinajstić information content (AvgIpc) is 1.99. The van der Waals surface area contributed by atoms with Crippen LogP contribution in [0.3, 0.4) is 0 Å². The van der Waals surface area contributed by atoms with Gasteiger partial charge >= 0.3 is 0 Å². The molecule has 0 aromatic rings. The minimum Gasteiger partial charge on any atom is -0.317 e. The van der Waals surface area contributed by atoms with Gasteiger partial charge in [0.25, 0.3) is 6.64 Å². The molecule has 0 atom stereocenters. The van der Waals surface area contributed by atoms with Crippen LogP contribution in [0.1, 0.15) is 27.7 Å². The lowest BCUT2D eigenvalue weighted by molar-refractivity contribution is 0.232. The second kappa shape index (κ2) is 6.42. The van der Waals surface area contributed by atoms with Crippen molar-refractivity contribution < 1.29 is 17.5 Å². The number of rotatable bonds is 7. The average molecular weight is 289 g/mol. The van der Waals surface area contributed by atoms with Crippen molar-refractivity contribution in [3.63, 3.8) is 0 Å². The normalized spacial score (nSPS) is 13.7. The molecule has 0 aliphatic rings. The largest absolute Gasteiger partial charge is 0.317 e. The van der Waals surface area contributed by atoms with Gasteiger partial charge in [-0.2, -0.15) is 0 Å². The maximum absolute atomic E-state index is 11.7. The monoisotopic (exact) mass is 289 g/mol. The Kier molecular flexibility index (Phi) is 6.62. The lowest BCUT2D eigenvalue weighted by atomic mass is 10.4. The van der Waals surface area contributed by atoms with E-state index in [-0.39, 0.29) is 6.04 Å². The Bertz CT molecular complexity index is 345. The molecule has 0 fully saturated rings. The van der Waals surface area contributed by atoms with Crippen LogP contribution < -0.4 is 0 Å². The topological polar surface area (TPSA) is 55.8 Å². The fourth-order valence-corrected chi connectivity index (χ4v) is 7.64. The van der Waals surface area contributed by atoms with E-state index in [4.69, 9.17) is 20.9 Å². The van der Waals surface area contributed by atoms with Gasteiger partial charge in [0.05, 0.1) is 19.5 Å². The molecule has 5 nitrogen and oxygen atoms in total. The molecule has 0 aliphatic heterocycles. The first-order valence-electron chi connectivity index (χ1n) is 5.08. The quantitative estimate of drug-likeness (QED) is 0.671. The maximum Gasteiger partial charge on any atom is 0.277 e.